The fourth-order valence-electron chi connectivity index (χ4n) is 3.51. The minimum absolute atomic E-state index is 0.00923. The van der Waals surface area contributed by atoms with E-state index in [1.54, 1.807) is 14.3 Å². The highest BCUT2D eigenvalue weighted by molar-refractivity contribution is 6.05. The van der Waals surface area contributed by atoms with E-state index in [9.17, 15) is 9.59 Å². The summed E-state index contributed by atoms with van der Waals surface area (Å²) in [5.74, 6) is -0.117. The quantitative estimate of drug-likeness (QED) is 0.819. The van der Waals surface area contributed by atoms with Gasteiger partial charge in [0.15, 0.2) is 11.4 Å². The first-order valence-corrected chi connectivity index (χ1v) is 9.32. The first-order valence-electron chi connectivity index (χ1n) is 9.32. The number of amides is 2. The second-order valence-electron chi connectivity index (χ2n) is 7.50. The molecule has 0 saturated carbocycles. The standard InChI is InChI=1S/C18H27N7O2/c1-6-24(9-13-8-23(5)21-12(13)4)18(27)15-16-17(26)19-14(7-11(2)3)10-25(16)22-20-15/h8,11,14H,6-7,9-10H2,1-5H3,(H,19,26)/t14-/m0/s1. The van der Waals surface area contributed by atoms with Crippen LogP contribution in [0, 0.1) is 12.8 Å². The number of fused-ring (bicyclic) bond motifs is 1. The van der Waals surface area contributed by atoms with E-state index in [1.807, 2.05) is 27.1 Å². The molecule has 1 N–H and O–H groups in total. The van der Waals surface area contributed by atoms with Crippen LogP contribution in [0.5, 0.6) is 0 Å². The average molecular weight is 373 g/mol. The van der Waals surface area contributed by atoms with Gasteiger partial charge in [0.25, 0.3) is 11.8 Å². The molecule has 2 aromatic heterocycles. The van der Waals surface area contributed by atoms with Crippen LogP contribution in [-0.4, -0.2) is 54.1 Å². The average Bonchev–Trinajstić information content (AvgIpc) is 3.14. The highest BCUT2D eigenvalue weighted by Crippen LogP contribution is 2.18. The lowest BCUT2D eigenvalue weighted by Gasteiger charge is -2.26. The van der Waals surface area contributed by atoms with Crippen LogP contribution < -0.4 is 5.32 Å². The molecule has 0 aromatic carbocycles. The number of hydrogen-bond acceptors (Lipinski definition) is 5. The molecule has 0 radical (unpaired) electrons. The van der Waals surface area contributed by atoms with Crippen molar-refractivity contribution in [3.63, 3.8) is 0 Å². The van der Waals surface area contributed by atoms with Crippen molar-refractivity contribution in [3.8, 4) is 0 Å². The lowest BCUT2D eigenvalue weighted by atomic mass is 10.0. The molecule has 9 heteroatoms. The van der Waals surface area contributed by atoms with E-state index >= 15 is 0 Å². The van der Waals surface area contributed by atoms with Crippen molar-refractivity contribution in [3.05, 3.63) is 28.8 Å². The van der Waals surface area contributed by atoms with Crippen molar-refractivity contribution >= 4 is 11.8 Å². The molecular weight excluding hydrogens is 346 g/mol. The summed E-state index contributed by atoms with van der Waals surface area (Å²) < 4.78 is 3.29. The molecule has 0 spiro atoms. The van der Waals surface area contributed by atoms with Gasteiger partial charge in [-0.1, -0.05) is 19.1 Å². The van der Waals surface area contributed by atoms with Crippen molar-refractivity contribution in [1.82, 2.24) is 35.0 Å². The predicted octanol–water partition coefficient (Wildman–Crippen LogP) is 1.14. The molecule has 0 bridgehead atoms. The molecule has 9 nitrogen and oxygen atoms in total. The topological polar surface area (TPSA) is 97.9 Å². The number of rotatable bonds is 6. The van der Waals surface area contributed by atoms with Crippen molar-refractivity contribution in [2.24, 2.45) is 13.0 Å². The summed E-state index contributed by atoms with van der Waals surface area (Å²) in [6.45, 7) is 9.48. The number of nitrogens with zero attached hydrogens (tertiary/aromatic N) is 6. The fraction of sp³-hybridized carbons (Fsp3) is 0.611. The Morgan fingerprint density at radius 3 is 2.78 bits per heavy atom. The van der Waals surface area contributed by atoms with Crippen molar-refractivity contribution in [2.75, 3.05) is 6.54 Å². The second-order valence-corrected chi connectivity index (χ2v) is 7.50. The molecule has 3 heterocycles. The van der Waals surface area contributed by atoms with Crippen LogP contribution >= 0.6 is 0 Å². The van der Waals surface area contributed by atoms with Gasteiger partial charge in [-0.05, 0) is 26.2 Å². The Labute approximate surface area is 158 Å². The third-order valence-corrected chi connectivity index (χ3v) is 4.78. The van der Waals surface area contributed by atoms with Gasteiger partial charge in [-0.2, -0.15) is 5.10 Å². The smallest absolute Gasteiger partial charge is 0.277 e. The van der Waals surface area contributed by atoms with Crippen LogP contribution in [0.4, 0.5) is 0 Å². The number of aromatic nitrogens is 5. The lowest BCUT2D eigenvalue weighted by molar-refractivity contribution is 0.0736. The van der Waals surface area contributed by atoms with Gasteiger partial charge in [0.1, 0.15) is 0 Å². The Hall–Kier alpha value is -2.71. The fourth-order valence-corrected chi connectivity index (χ4v) is 3.51. The Kier molecular flexibility index (Phi) is 5.29. The van der Waals surface area contributed by atoms with Crippen LogP contribution in [0.2, 0.25) is 0 Å². The third-order valence-electron chi connectivity index (χ3n) is 4.78. The Balaban J connectivity index is 1.82. The maximum atomic E-state index is 13.0. The summed E-state index contributed by atoms with van der Waals surface area (Å²) in [5, 5.41) is 15.4. The van der Waals surface area contributed by atoms with Crippen LogP contribution in [0.1, 0.15) is 59.4 Å². The Morgan fingerprint density at radius 2 is 2.19 bits per heavy atom. The van der Waals surface area contributed by atoms with Gasteiger partial charge in [-0.15, -0.1) is 5.10 Å². The zero-order valence-electron chi connectivity index (χ0n) is 16.6. The molecule has 1 aliphatic rings. The van der Waals surface area contributed by atoms with E-state index in [-0.39, 0.29) is 29.2 Å². The summed E-state index contributed by atoms with van der Waals surface area (Å²) in [4.78, 5) is 27.3. The van der Waals surface area contributed by atoms with Crippen molar-refractivity contribution in [2.45, 2.75) is 53.2 Å². The first-order chi connectivity index (χ1) is 12.8. The van der Waals surface area contributed by atoms with Crippen LogP contribution in [0.3, 0.4) is 0 Å². The van der Waals surface area contributed by atoms with E-state index in [1.165, 1.54) is 0 Å². The number of aryl methyl sites for hydroxylation is 2. The van der Waals surface area contributed by atoms with Gasteiger partial charge < -0.3 is 10.2 Å². The highest BCUT2D eigenvalue weighted by Gasteiger charge is 2.33. The van der Waals surface area contributed by atoms with Gasteiger partial charge in [-0.25, -0.2) is 4.68 Å². The first kappa shape index (κ1) is 19.1. The SMILES string of the molecule is CCN(Cc1cn(C)nc1C)C(=O)c1nnn2c1C(=O)N[C@@H](CC(C)C)C2. The maximum Gasteiger partial charge on any atom is 0.277 e. The van der Waals surface area contributed by atoms with E-state index in [4.69, 9.17) is 0 Å². The molecule has 3 rings (SSSR count). The maximum absolute atomic E-state index is 13.0. The van der Waals surface area contributed by atoms with Gasteiger partial charge in [-0.3, -0.25) is 14.3 Å². The summed E-state index contributed by atoms with van der Waals surface area (Å²) in [6, 6.07) is 0.00923. The number of carbonyl (C=O) groups is 2. The summed E-state index contributed by atoms with van der Waals surface area (Å²) in [5.41, 5.74) is 2.21. The molecular formula is C18H27N7O2. The van der Waals surface area contributed by atoms with Crippen LogP contribution in [-0.2, 0) is 20.1 Å². The molecule has 0 fully saturated rings. The van der Waals surface area contributed by atoms with Crippen molar-refractivity contribution < 1.29 is 9.59 Å². The number of carbonyl (C=O) groups excluding carboxylic acids is 2. The zero-order chi connectivity index (χ0) is 19.7. The van der Waals surface area contributed by atoms with E-state index in [0.717, 1.165) is 17.7 Å². The summed E-state index contributed by atoms with van der Waals surface area (Å²) in [6.07, 6.45) is 2.76. The van der Waals surface area contributed by atoms with Gasteiger partial charge in [0.2, 0.25) is 0 Å². The van der Waals surface area contributed by atoms with Crippen molar-refractivity contribution in [1.29, 1.82) is 0 Å². The predicted molar refractivity (Wildman–Crippen MR) is 99.1 cm³/mol. The van der Waals surface area contributed by atoms with E-state index in [0.29, 0.717) is 25.6 Å². The molecule has 0 unspecified atom stereocenters. The molecule has 2 aromatic rings. The lowest BCUT2D eigenvalue weighted by Crippen LogP contribution is -2.46. The summed E-state index contributed by atoms with van der Waals surface area (Å²) >= 11 is 0. The van der Waals surface area contributed by atoms with E-state index < -0.39 is 0 Å². The molecule has 0 aliphatic carbocycles. The molecule has 27 heavy (non-hydrogen) atoms. The molecule has 1 atom stereocenters. The van der Waals surface area contributed by atoms with Gasteiger partial charge in [0, 0.05) is 37.9 Å². The van der Waals surface area contributed by atoms with Crippen LogP contribution in [0.25, 0.3) is 0 Å². The monoisotopic (exact) mass is 373 g/mol. The molecule has 146 valence electrons. The number of hydrogen-bond donors (Lipinski definition) is 1. The normalized spacial score (nSPS) is 16.4. The Bertz CT molecular complexity index is 852. The molecule has 0 saturated heterocycles. The molecule has 1 aliphatic heterocycles. The number of nitrogens with one attached hydrogen (secondary N) is 1. The minimum Gasteiger partial charge on any atom is -0.346 e. The Morgan fingerprint density at radius 1 is 1.44 bits per heavy atom. The van der Waals surface area contributed by atoms with Gasteiger partial charge >= 0.3 is 0 Å². The summed E-state index contributed by atoms with van der Waals surface area (Å²) in [7, 11) is 1.85. The second kappa shape index (κ2) is 7.50. The minimum atomic E-state index is -0.292. The van der Waals surface area contributed by atoms with Gasteiger partial charge in [0.05, 0.1) is 12.2 Å². The largest absolute Gasteiger partial charge is 0.346 e. The van der Waals surface area contributed by atoms with E-state index in [2.05, 4.69) is 34.6 Å². The highest BCUT2D eigenvalue weighted by atomic mass is 16.2. The van der Waals surface area contributed by atoms with Crippen LogP contribution in [0.15, 0.2) is 6.20 Å². The third kappa shape index (κ3) is 3.86. The zero-order valence-corrected chi connectivity index (χ0v) is 16.6. The molecule has 2 amide bonds.